The molecule has 2 fully saturated rings. The van der Waals surface area contributed by atoms with Crippen molar-refractivity contribution in [3.05, 3.63) is 29.8 Å². The molecule has 0 unspecified atom stereocenters. The Bertz CT molecular complexity index is 800. The Labute approximate surface area is 162 Å². The molecule has 28 heavy (non-hydrogen) atoms. The predicted molar refractivity (Wildman–Crippen MR) is 96.5 cm³/mol. The molecule has 156 valence electrons. The van der Waals surface area contributed by atoms with Gasteiger partial charge in [-0.2, -0.15) is 17.5 Å². The van der Waals surface area contributed by atoms with Gasteiger partial charge in [-0.1, -0.05) is 18.6 Å². The number of nitrogens with one attached hydrogen (secondary N) is 1. The molecule has 1 amide bonds. The molecule has 0 spiro atoms. The lowest BCUT2D eigenvalue weighted by atomic mass is 9.97. The highest BCUT2D eigenvalue weighted by atomic mass is 32.2. The number of nitrogens with zero attached hydrogens (tertiary/aromatic N) is 2. The highest BCUT2D eigenvalue weighted by Gasteiger charge is 2.40. The minimum Gasteiger partial charge on any atom is -0.289 e. The first-order valence-corrected chi connectivity index (χ1v) is 10.9. The molecule has 2 saturated heterocycles. The maximum atomic E-state index is 13.2. The zero-order chi connectivity index (χ0) is 20.4. The Balaban J connectivity index is 1.65. The first kappa shape index (κ1) is 21.1. The third-order valence-corrected chi connectivity index (χ3v) is 7.22. The minimum absolute atomic E-state index is 0.0204. The summed E-state index contributed by atoms with van der Waals surface area (Å²) in [4.78, 5) is 11.7. The van der Waals surface area contributed by atoms with Crippen LogP contribution in [0.25, 0.3) is 0 Å². The van der Waals surface area contributed by atoms with Crippen molar-refractivity contribution in [2.45, 2.75) is 43.2 Å². The van der Waals surface area contributed by atoms with Crippen LogP contribution in [0.5, 0.6) is 0 Å². The Morgan fingerprint density at radius 1 is 1.00 bits per heavy atom. The van der Waals surface area contributed by atoms with Gasteiger partial charge in [0.25, 0.3) is 0 Å². The SMILES string of the molecule is O=C(NN1CCCCC1)C1CCN(S(=O)(=O)c2ccccc2C(F)(F)F)CC1. The van der Waals surface area contributed by atoms with Gasteiger partial charge in [-0.25, -0.2) is 13.4 Å². The van der Waals surface area contributed by atoms with Gasteiger partial charge in [0.2, 0.25) is 15.9 Å². The number of amides is 1. The number of piperidine rings is 2. The predicted octanol–water partition coefficient (Wildman–Crippen LogP) is 2.62. The lowest BCUT2D eigenvalue weighted by Gasteiger charge is -2.33. The topological polar surface area (TPSA) is 69.7 Å². The van der Waals surface area contributed by atoms with E-state index in [0.717, 1.165) is 48.8 Å². The summed E-state index contributed by atoms with van der Waals surface area (Å²) in [5.41, 5.74) is 1.71. The molecular weight excluding hydrogens is 395 g/mol. The van der Waals surface area contributed by atoms with E-state index in [2.05, 4.69) is 5.43 Å². The quantitative estimate of drug-likeness (QED) is 0.815. The molecule has 0 aromatic heterocycles. The fraction of sp³-hybridized carbons (Fsp3) is 0.611. The van der Waals surface area contributed by atoms with Crippen LogP contribution < -0.4 is 5.43 Å². The number of benzene rings is 1. The number of alkyl halides is 3. The first-order chi connectivity index (χ1) is 13.2. The largest absolute Gasteiger partial charge is 0.417 e. The Morgan fingerprint density at radius 2 is 1.61 bits per heavy atom. The van der Waals surface area contributed by atoms with Crippen LogP contribution in [-0.2, 0) is 21.0 Å². The van der Waals surface area contributed by atoms with E-state index in [1.807, 2.05) is 5.01 Å². The van der Waals surface area contributed by atoms with Crippen LogP contribution in [0.4, 0.5) is 13.2 Å². The molecule has 1 aromatic rings. The number of rotatable bonds is 4. The molecule has 1 aromatic carbocycles. The second kappa shape index (κ2) is 8.38. The summed E-state index contributed by atoms with van der Waals surface area (Å²) >= 11 is 0. The second-order valence-corrected chi connectivity index (χ2v) is 9.10. The zero-order valence-corrected chi connectivity index (χ0v) is 16.2. The molecule has 1 N–H and O–H groups in total. The molecule has 0 saturated carbocycles. The number of halogens is 3. The number of carbonyl (C=O) groups excluding carboxylic acids is 1. The summed E-state index contributed by atoms with van der Waals surface area (Å²) in [5.74, 6) is -0.485. The van der Waals surface area contributed by atoms with Crippen LogP contribution in [0, 0.1) is 5.92 Å². The molecule has 6 nitrogen and oxygen atoms in total. The minimum atomic E-state index is -4.75. The zero-order valence-electron chi connectivity index (χ0n) is 15.4. The standard InChI is InChI=1S/C18H24F3N3O3S/c19-18(20,21)15-6-2-3-7-16(15)28(26,27)24-12-8-14(9-13-24)17(25)22-23-10-4-1-5-11-23/h2-3,6-7,14H,1,4-5,8-13H2,(H,22,25). The fourth-order valence-electron chi connectivity index (χ4n) is 3.68. The van der Waals surface area contributed by atoms with Crippen molar-refractivity contribution < 1.29 is 26.4 Å². The lowest BCUT2D eigenvalue weighted by Crippen LogP contribution is -2.49. The van der Waals surface area contributed by atoms with Crippen molar-refractivity contribution in [1.29, 1.82) is 0 Å². The molecular formula is C18H24F3N3O3S. The number of sulfonamides is 1. The summed E-state index contributed by atoms with van der Waals surface area (Å²) in [7, 11) is -4.28. The van der Waals surface area contributed by atoms with Crippen LogP contribution in [0.2, 0.25) is 0 Å². The van der Waals surface area contributed by atoms with Gasteiger partial charge in [0.1, 0.15) is 0 Å². The smallest absolute Gasteiger partial charge is 0.289 e. The molecule has 10 heteroatoms. The van der Waals surface area contributed by atoms with Crippen molar-refractivity contribution in [3.8, 4) is 0 Å². The van der Waals surface area contributed by atoms with E-state index in [9.17, 15) is 26.4 Å². The molecule has 2 aliphatic rings. The van der Waals surface area contributed by atoms with Crippen LogP contribution in [-0.4, -0.2) is 49.8 Å². The van der Waals surface area contributed by atoms with E-state index in [1.165, 1.54) is 12.1 Å². The van der Waals surface area contributed by atoms with Gasteiger partial charge in [0, 0.05) is 32.1 Å². The van der Waals surface area contributed by atoms with Crippen molar-refractivity contribution in [1.82, 2.24) is 14.7 Å². The van der Waals surface area contributed by atoms with E-state index in [1.54, 1.807) is 0 Å². The van der Waals surface area contributed by atoms with Crippen molar-refractivity contribution in [3.63, 3.8) is 0 Å². The molecule has 0 atom stereocenters. The molecule has 0 bridgehead atoms. The maximum absolute atomic E-state index is 13.2. The summed E-state index contributed by atoms with van der Waals surface area (Å²) < 4.78 is 66.2. The molecule has 3 rings (SSSR count). The normalized spacial score (nSPS) is 20.8. The van der Waals surface area contributed by atoms with E-state index in [0.29, 0.717) is 0 Å². The highest BCUT2D eigenvalue weighted by Crippen LogP contribution is 2.36. The van der Waals surface area contributed by atoms with E-state index in [-0.39, 0.29) is 37.8 Å². The van der Waals surface area contributed by atoms with Crippen molar-refractivity contribution in [2.24, 2.45) is 5.92 Å². The summed E-state index contributed by atoms with van der Waals surface area (Å²) in [6, 6.07) is 4.19. The number of hydrogen-bond donors (Lipinski definition) is 1. The molecule has 0 radical (unpaired) electrons. The average molecular weight is 419 g/mol. The summed E-state index contributed by atoms with van der Waals surface area (Å²) in [6.07, 6.45) is -0.996. The average Bonchev–Trinajstić information content (AvgIpc) is 2.68. The van der Waals surface area contributed by atoms with Crippen LogP contribution in [0.15, 0.2) is 29.2 Å². The molecule has 2 heterocycles. The Hall–Kier alpha value is -1.65. The van der Waals surface area contributed by atoms with E-state index >= 15 is 0 Å². The van der Waals surface area contributed by atoms with Crippen LogP contribution in [0.3, 0.4) is 0 Å². The lowest BCUT2D eigenvalue weighted by molar-refractivity contribution is -0.140. The maximum Gasteiger partial charge on any atom is 0.417 e. The van der Waals surface area contributed by atoms with Gasteiger partial charge in [-0.3, -0.25) is 10.2 Å². The van der Waals surface area contributed by atoms with Gasteiger partial charge in [-0.05, 0) is 37.8 Å². The van der Waals surface area contributed by atoms with Gasteiger partial charge >= 0.3 is 6.18 Å². The van der Waals surface area contributed by atoms with Crippen molar-refractivity contribution in [2.75, 3.05) is 26.2 Å². The summed E-state index contributed by atoms with van der Waals surface area (Å²) in [5, 5.41) is 1.88. The number of carbonyl (C=O) groups is 1. The monoisotopic (exact) mass is 419 g/mol. The highest BCUT2D eigenvalue weighted by molar-refractivity contribution is 7.89. The molecule has 2 aliphatic heterocycles. The Kier molecular flexibility index (Phi) is 6.31. The van der Waals surface area contributed by atoms with Crippen LogP contribution >= 0.6 is 0 Å². The van der Waals surface area contributed by atoms with Crippen LogP contribution in [0.1, 0.15) is 37.7 Å². The van der Waals surface area contributed by atoms with Gasteiger partial charge in [0.15, 0.2) is 0 Å². The van der Waals surface area contributed by atoms with E-state index in [4.69, 9.17) is 0 Å². The van der Waals surface area contributed by atoms with Gasteiger partial charge in [-0.15, -0.1) is 0 Å². The van der Waals surface area contributed by atoms with Crippen molar-refractivity contribution >= 4 is 15.9 Å². The fourth-order valence-corrected chi connectivity index (χ4v) is 5.36. The summed E-state index contributed by atoms with van der Waals surface area (Å²) in [6.45, 7) is 1.64. The van der Waals surface area contributed by atoms with Gasteiger partial charge in [0.05, 0.1) is 10.5 Å². The number of hydrogen-bond acceptors (Lipinski definition) is 4. The third-order valence-electron chi connectivity index (χ3n) is 5.26. The van der Waals surface area contributed by atoms with Gasteiger partial charge < -0.3 is 0 Å². The third kappa shape index (κ3) is 4.66. The van der Waals surface area contributed by atoms with E-state index < -0.39 is 26.7 Å². The second-order valence-electron chi connectivity index (χ2n) is 7.20. The number of hydrazine groups is 1. The molecule has 0 aliphatic carbocycles. The Morgan fingerprint density at radius 3 is 2.21 bits per heavy atom. The first-order valence-electron chi connectivity index (χ1n) is 9.41.